The number of nitrogens with one attached hydrogen (secondary N) is 2. The van der Waals surface area contributed by atoms with E-state index in [9.17, 15) is 9.59 Å². The average molecular weight is 432 g/mol. The molecular weight excluding hydrogens is 406 g/mol. The van der Waals surface area contributed by atoms with Gasteiger partial charge in [0.05, 0.1) is 26.4 Å². The first-order valence-corrected chi connectivity index (χ1v) is 10.2. The number of nitrogens with zero attached hydrogens (tertiary/aromatic N) is 1. The zero-order valence-corrected chi connectivity index (χ0v) is 17.7. The molecule has 0 aliphatic carbocycles. The van der Waals surface area contributed by atoms with E-state index in [2.05, 4.69) is 15.5 Å². The minimum atomic E-state index is -0.689. The first kappa shape index (κ1) is 22.1. The predicted molar refractivity (Wildman–Crippen MR) is 114 cm³/mol. The monoisotopic (exact) mass is 431 g/mol. The minimum absolute atomic E-state index is 0.0693. The van der Waals surface area contributed by atoms with E-state index in [0.29, 0.717) is 24.8 Å². The molecule has 0 aromatic heterocycles. The van der Waals surface area contributed by atoms with Gasteiger partial charge < -0.3 is 20.1 Å². The smallest absolute Gasteiger partial charge is 0.309 e. The number of halogens is 1. The summed E-state index contributed by atoms with van der Waals surface area (Å²) in [5.41, 5.74) is 1.79. The first-order valence-electron chi connectivity index (χ1n) is 9.83. The number of methoxy groups -OCH3 is 1. The molecule has 2 amide bonds. The number of carbonyl (C=O) groups is 2. The molecule has 0 spiro atoms. The lowest BCUT2D eigenvalue weighted by atomic mass is 10.0. The van der Waals surface area contributed by atoms with Crippen LogP contribution in [0.2, 0.25) is 5.02 Å². The van der Waals surface area contributed by atoms with Crippen LogP contribution < -0.4 is 15.4 Å². The number of morpholine rings is 1. The normalized spacial score (nSPS) is 15.3. The lowest BCUT2D eigenvalue weighted by molar-refractivity contribution is -0.139. The Kier molecular flexibility index (Phi) is 8.07. The summed E-state index contributed by atoms with van der Waals surface area (Å²) in [5.74, 6) is -0.596. The molecule has 1 fully saturated rings. The number of amides is 2. The van der Waals surface area contributed by atoms with Gasteiger partial charge in [0.15, 0.2) is 0 Å². The molecule has 2 aromatic rings. The van der Waals surface area contributed by atoms with Crippen molar-refractivity contribution in [2.45, 2.75) is 12.6 Å². The molecule has 7 nitrogen and oxygen atoms in total. The van der Waals surface area contributed by atoms with Gasteiger partial charge in [0.2, 0.25) is 0 Å². The van der Waals surface area contributed by atoms with E-state index >= 15 is 0 Å². The van der Waals surface area contributed by atoms with Crippen molar-refractivity contribution in [2.75, 3.05) is 40.0 Å². The summed E-state index contributed by atoms with van der Waals surface area (Å²) in [6, 6.07) is 14.8. The number of rotatable bonds is 7. The van der Waals surface area contributed by atoms with Crippen LogP contribution in [-0.2, 0) is 20.9 Å². The van der Waals surface area contributed by atoms with Crippen LogP contribution in [0.1, 0.15) is 17.2 Å². The van der Waals surface area contributed by atoms with Crippen LogP contribution in [-0.4, -0.2) is 56.7 Å². The van der Waals surface area contributed by atoms with Gasteiger partial charge in [-0.25, -0.2) is 0 Å². The maximum absolute atomic E-state index is 12.3. The van der Waals surface area contributed by atoms with Gasteiger partial charge in [0.1, 0.15) is 5.75 Å². The van der Waals surface area contributed by atoms with Gasteiger partial charge in [0.25, 0.3) is 0 Å². The van der Waals surface area contributed by atoms with Crippen molar-refractivity contribution in [1.82, 2.24) is 15.5 Å². The second-order valence-corrected chi connectivity index (χ2v) is 7.33. The van der Waals surface area contributed by atoms with E-state index in [1.807, 2.05) is 36.4 Å². The molecular formula is C22H26ClN3O4. The molecule has 1 unspecified atom stereocenters. The van der Waals surface area contributed by atoms with Crippen LogP contribution in [0.25, 0.3) is 0 Å². The molecule has 30 heavy (non-hydrogen) atoms. The quantitative estimate of drug-likeness (QED) is 0.657. The summed E-state index contributed by atoms with van der Waals surface area (Å²) in [5, 5.41) is 5.92. The van der Waals surface area contributed by atoms with Crippen LogP contribution in [0.15, 0.2) is 48.5 Å². The van der Waals surface area contributed by atoms with E-state index < -0.39 is 11.8 Å². The molecule has 1 heterocycles. The van der Waals surface area contributed by atoms with Crippen molar-refractivity contribution in [3.8, 4) is 5.75 Å². The molecule has 1 aliphatic rings. The largest absolute Gasteiger partial charge is 0.497 e. The Hall–Kier alpha value is -2.61. The van der Waals surface area contributed by atoms with Gasteiger partial charge in [-0.3, -0.25) is 14.5 Å². The van der Waals surface area contributed by atoms with Crippen molar-refractivity contribution in [3.63, 3.8) is 0 Å². The fraction of sp³-hybridized carbons (Fsp3) is 0.364. The van der Waals surface area contributed by atoms with Crippen molar-refractivity contribution in [1.29, 1.82) is 0 Å². The zero-order valence-electron chi connectivity index (χ0n) is 16.9. The second kappa shape index (κ2) is 11.0. The predicted octanol–water partition coefficient (Wildman–Crippen LogP) is 2.15. The Bertz CT molecular complexity index is 854. The molecule has 1 atom stereocenters. The van der Waals surface area contributed by atoms with Crippen molar-refractivity contribution >= 4 is 23.4 Å². The minimum Gasteiger partial charge on any atom is -0.497 e. The highest BCUT2D eigenvalue weighted by Gasteiger charge is 2.24. The van der Waals surface area contributed by atoms with Crippen molar-refractivity contribution in [2.24, 2.45) is 0 Å². The van der Waals surface area contributed by atoms with Crippen molar-refractivity contribution in [3.05, 3.63) is 64.7 Å². The highest BCUT2D eigenvalue weighted by atomic mass is 35.5. The Morgan fingerprint density at radius 1 is 1.07 bits per heavy atom. The van der Waals surface area contributed by atoms with Crippen LogP contribution in [0.5, 0.6) is 5.75 Å². The summed E-state index contributed by atoms with van der Waals surface area (Å²) in [7, 11) is 1.62. The standard InChI is InChI=1S/C22H26ClN3O4/c1-29-18-8-6-16(7-9-18)20(26-10-12-30-13-11-26)15-25-22(28)21(27)24-14-17-4-2-3-5-19(17)23/h2-9,20H,10-15H2,1H3,(H,24,27)(H,25,28). The molecule has 0 bridgehead atoms. The van der Waals surface area contributed by atoms with Gasteiger partial charge in [0, 0.05) is 31.2 Å². The molecule has 1 aliphatic heterocycles. The van der Waals surface area contributed by atoms with E-state index in [1.54, 1.807) is 19.2 Å². The first-order chi connectivity index (χ1) is 14.6. The van der Waals surface area contributed by atoms with Gasteiger partial charge in [-0.2, -0.15) is 0 Å². The van der Waals surface area contributed by atoms with E-state index in [1.165, 1.54) is 0 Å². The lowest BCUT2D eigenvalue weighted by Gasteiger charge is -2.34. The maximum Gasteiger partial charge on any atom is 0.309 e. The van der Waals surface area contributed by atoms with Crippen LogP contribution in [0.4, 0.5) is 0 Å². The number of hydrogen-bond acceptors (Lipinski definition) is 5. The maximum atomic E-state index is 12.3. The van der Waals surface area contributed by atoms with Crippen LogP contribution in [0.3, 0.4) is 0 Å². The fourth-order valence-corrected chi connectivity index (χ4v) is 3.54. The summed E-state index contributed by atoms with van der Waals surface area (Å²) in [6.45, 7) is 3.29. The molecule has 3 rings (SSSR count). The summed E-state index contributed by atoms with van der Waals surface area (Å²) >= 11 is 6.09. The highest BCUT2D eigenvalue weighted by molar-refractivity contribution is 6.35. The van der Waals surface area contributed by atoms with Crippen LogP contribution >= 0.6 is 11.6 Å². The molecule has 160 valence electrons. The highest BCUT2D eigenvalue weighted by Crippen LogP contribution is 2.23. The Morgan fingerprint density at radius 2 is 1.73 bits per heavy atom. The average Bonchev–Trinajstić information content (AvgIpc) is 2.79. The molecule has 8 heteroatoms. The fourth-order valence-electron chi connectivity index (χ4n) is 3.34. The van der Waals surface area contributed by atoms with Gasteiger partial charge >= 0.3 is 11.8 Å². The molecule has 1 saturated heterocycles. The lowest BCUT2D eigenvalue weighted by Crippen LogP contribution is -2.46. The summed E-state index contributed by atoms with van der Waals surface area (Å²) in [6.07, 6.45) is 0. The molecule has 0 saturated carbocycles. The van der Waals surface area contributed by atoms with Crippen molar-refractivity contribution < 1.29 is 19.1 Å². The third kappa shape index (κ3) is 5.95. The molecule has 0 radical (unpaired) electrons. The Labute approximate surface area is 181 Å². The number of carbonyl (C=O) groups excluding carboxylic acids is 2. The SMILES string of the molecule is COc1ccc(C(CNC(=O)C(=O)NCc2ccccc2Cl)N2CCOCC2)cc1. The topological polar surface area (TPSA) is 79.9 Å². The van der Waals surface area contributed by atoms with Gasteiger partial charge in [-0.1, -0.05) is 41.9 Å². The Morgan fingerprint density at radius 3 is 2.40 bits per heavy atom. The van der Waals surface area contributed by atoms with E-state index in [-0.39, 0.29) is 12.6 Å². The van der Waals surface area contributed by atoms with Crippen LogP contribution in [0, 0.1) is 0 Å². The van der Waals surface area contributed by atoms with Gasteiger partial charge in [-0.15, -0.1) is 0 Å². The third-order valence-corrected chi connectivity index (χ3v) is 5.42. The molecule has 2 aromatic carbocycles. The zero-order chi connectivity index (χ0) is 21.3. The number of benzene rings is 2. The van der Waals surface area contributed by atoms with E-state index in [4.69, 9.17) is 21.1 Å². The third-order valence-electron chi connectivity index (χ3n) is 5.05. The molecule has 2 N–H and O–H groups in total. The summed E-state index contributed by atoms with van der Waals surface area (Å²) < 4.78 is 10.7. The summed E-state index contributed by atoms with van der Waals surface area (Å²) in [4.78, 5) is 26.8. The Balaban J connectivity index is 1.60. The number of hydrogen-bond donors (Lipinski definition) is 2. The number of ether oxygens (including phenoxy) is 2. The van der Waals surface area contributed by atoms with Gasteiger partial charge in [-0.05, 0) is 29.3 Å². The van der Waals surface area contributed by atoms with E-state index in [0.717, 1.165) is 30.0 Å². The second-order valence-electron chi connectivity index (χ2n) is 6.92.